The van der Waals surface area contributed by atoms with Crippen LogP contribution in [-0.4, -0.2) is 100 Å². The molecule has 2 aliphatic heterocycles. The normalized spacial score (nSPS) is 42.3. The monoisotopic (exact) mass is 686 g/mol. The highest BCUT2D eigenvalue weighted by Gasteiger charge is 2.77. The van der Waals surface area contributed by atoms with E-state index in [4.69, 9.17) is 44.8 Å². The van der Waals surface area contributed by atoms with E-state index in [2.05, 4.69) is 6.58 Å². The number of alkyl halides is 1. The lowest BCUT2D eigenvalue weighted by Gasteiger charge is -2.61. The molecule has 2 heterocycles. The summed E-state index contributed by atoms with van der Waals surface area (Å²) in [4.78, 5) is 77.7. The third-order valence-electron chi connectivity index (χ3n) is 9.96. The van der Waals surface area contributed by atoms with E-state index in [-0.39, 0.29) is 18.4 Å². The Morgan fingerprint density at radius 2 is 1.51 bits per heavy atom. The van der Waals surface area contributed by atoms with Crippen LogP contribution in [0.15, 0.2) is 12.2 Å². The first kappa shape index (κ1) is 36.6. The number of esters is 6. The smallest absolute Gasteiger partial charge is 0.312 e. The highest BCUT2D eigenvalue weighted by molar-refractivity contribution is 6.23. The molecule has 2 saturated carbocycles. The van der Waals surface area contributed by atoms with Crippen LogP contribution in [0.4, 0.5) is 0 Å². The van der Waals surface area contributed by atoms with Gasteiger partial charge in [-0.05, 0) is 25.8 Å². The van der Waals surface area contributed by atoms with Crippen LogP contribution in [0.1, 0.15) is 74.7 Å². The van der Waals surface area contributed by atoms with Gasteiger partial charge < -0.3 is 38.3 Å². The minimum Gasteiger partial charge on any atom is -0.462 e. The summed E-state index contributed by atoms with van der Waals surface area (Å²) >= 11 is 6.87. The number of ether oxygens (including phenoxy) is 7. The van der Waals surface area contributed by atoms with Crippen LogP contribution in [0.25, 0.3) is 0 Å². The standard InChI is InChI=1S/C32H43ClO14/c1-10-11-21(38)44-20-12-19(41-15(4)34)30(8)25(31(20,9)47-18(7)37)28(43-17(6)36)32(40)14(3)29(39)46-26(32)22(33)13(2)23-24(45-23)27(30)42-16(5)35/h14,19-20,22-28,40H,2,10-12H2,1,3-9H3/t14-,19-,20+,22-,23+,24+,25+,26-,27-,28-,30-,31+,32-/m0/s1. The molecule has 0 radical (unpaired) electrons. The van der Waals surface area contributed by atoms with Crippen molar-refractivity contribution >= 4 is 47.4 Å². The van der Waals surface area contributed by atoms with Crippen molar-refractivity contribution in [1.29, 1.82) is 0 Å². The SMILES string of the molecule is C=C1[C@H]2O[C@H]2[C@H](OC(C)=O)[C@@]2(C)[C@@H](OC(C)=O)C[C@@H](OC(=O)CCC)[C@@](C)(OC(C)=O)[C@@H]2[C@H](OC(C)=O)[C@]2(O)[C@@H](C)C(=O)O[C@H]2[C@H]1Cl. The van der Waals surface area contributed by atoms with E-state index < -0.39 is 112 Å². The summed E-state index contributed by atoms with van der Waals surface area (Å²) in [6.07, 6.45) is -9.24. The Labute approximate surface area is 277 Å². The summed E-state index contributed by atoms with van der Waals surface area (Å²) in [7, 11) is 0. The van der Waals surface area contributed by atoms with Gasteiger partial charge >= 0.3 is 35.8 Å². The van der Waals surface area contributed by atoms with Crippen molar-refractivity contribution in [3.8, 4) is 0 Å². The summed E-state index contributed by atoms with van der Waals surface area (Å²) in [6.45, 7) is 14.6. The van der Waals surface area contributed by atoms with Gasteiger partial charge in [-0.2, -0.15) is 0 Å². The van der Waals surface area contributed by atoms with Gasteiger partial charge in [0.05, 0.1) is 22.6 Å². The number of rotatable bonds is 7. The van der Waals surface area contributed by atoms with E-state index in [0.29, 0.717) is 6.42 Å². The zero-order valence-corrected chi connectivity index (χ0v) is 28.5. The van der Waals surface area contributed by atoms with Gasteiger partial charge in [0.2, 0.25) is 0 Å². The van der Waals surface area contributed by atoms with Gasteiger partial charge in [-0.15, -0.1) is 11.6 Å². The Hall–Kier alpha value is -3.23. The van der Waals surface area contributed by atoms with Crippen LogP contribution in [0.5, 0.6) is 0 Å². The molecule has 4 fully saturated rings. The molecule has 14 nitrogen and oxygen atoms in total. The second-order valence-corrected chi connectivity index (χ2v) is 13.7. The Morgan fingerprint density at radius 3 is 2.04 bits per heavy atom. The predicted octanol–water partition coefficient (Wildman–Crippen LogP) is 2.08. The topological polar surface area (TPSA) is 191 Å². The fraction of sp³-hybridized carbons (Fsp3) is 0.750. The van der Waals surface area contributed by atoms with Crippen molar-refractivity contribution in [2.45, 2.75) is 134 Å². The molecular weight excluding hydrogens is 644 g/mol. The first-order valence-electron chi connectivity index (χ1n) is 15.6. The molecule has 0 unspecified atom stereocenters. The van der Waals surface area contributed by atoms with Gasteiger partial charge in [-0.25, -0.2) is 0 Å². The molecule has 1 N–H and O–H groups in total. The highest BCUT2D eigenvalue weighted by atomic mass is 35.5. The number of carbonyl (C=O) groups excluding carboxylic acids is 6. The van der Waals surface area contributed by atoms with Crippen LogP contribution >= 0.6 is 11.6 Å². The Bertz CT molecular complexity index is 1350. The van der Waals surface area contributed by atoms with E-state index in [1.54, 1.807) is 13.8 Å². The number of epoxide rings is 1. The zero-order chi connectivity index (χ0) is 35.4. The molecule has 47 heavy (non-hydrogen) atoms. The van der Waals surface area contributed by atoms with Crippen molar-refractivity contribution in [3.05, 3.63) is 12.2 Å². The number of aliphatic hydroxyl groups is 1. The Kier molecular flexibility index (Phi) is 10.1. The molecule has 0 bridgehead atoms. The lowest BCUT2D eigenvalue weighted by molar-refractivity contribution is -0.296. The molecule has 0 aromatic heterocycles. The van der Waals surface area contributed by atoms with E-state index >= 15 is 0 Å². The first-order chi connectivity index (χ1) is 21.7. The van der Waals surface area contributed by atoms with Gasteiger partial charge in [0.1, 0.15) is 36.6 Å². The molecule has 15 heteroatoms. The van der Waals surface area contributed by atoms with E-state index in [9.17, 15) is 33.9 Å². The second-order valence-electron chi connectivity index (χ2n) is 13.2. The van der Waals surface area contributed by atoms with Crippen molar-refractivity contribution in [2.24, 2.45) is 17.3 Å². The van der Waals surface area contributed by atoms with Crippen LogP contribution in [0.3, 0.4) is 0 Å². The van der Waals surface area contributed by atoms with Gasteiger partial charge in [0.15, 0.2) is 17.3 Å². The molecule has 4 aliphatic rings. The fourth-order valence-electron chi connectivity index (χ4n) is 7.89. The van der Waals surface area contributed by atoms with E-state index in [1.807, 2.05) is 0 Å². The molecule has 0 spiro atoms. The molecule has 0 aromatic rings. The minimum atomic E-state index is -2.47. The first-order valence-corrected chi connectivity index (χ1v) is 16.0. The average Bonchev–Trinajstić information content (AvgIpc) is 3.70. The minimum absolute atomic E-state index is 0.0186. The average molecular weight is 687 g/mol. The summed E-state index contributed by atoms with van der Waals surface area (Å²) in [6, 6.07) is 0. The van der Waals surface area contributed by atoms with Crippen LogP contribution in [0.2, 0.25) is 0 Å². The van der Waals surface area contributed by atoms with Crippen LogP contribution in [-0.2, 0) is 61.9 Å². The van der Waals surface area contributed by atoms with Crippen LogP contribution < -0.4 is 0 Å². The number of hydrogen-bond donors (Lipinski definition) is 1. The molecule has 4 rings (SSSR count). The number of hydrogen-bond acceptors (Lipinski definition) is 14. The highest BCUT2D eigenvalue weighted by Crippen LogP contribution is 2.62. The summed E-state index contributed by atoms with van der Waals surface area (Å²) in [5.74, 6) is -7.84. The van der Waals surface area contributed by atoms with Crippen molar-refractivity contribution < 1.29 is 67.0 Å². The fourth-order valence-corrected chi connectivity index (χ4v) is 8.26. The molecule has 2 aliphatic carbocycles. The number of halogens is 1. The van der Waals surface area contributed by atoms with Gasteiger partial charge in [-0.1, -0.05) is 20.4 Å². The van der Waals surface area contributed by atoms with Gasteiger partial charge in [0, 0.05) is 40.5 Å². The Morgan fingerprint density at radius 1 is 0.936 bits per heavy atom. The molecule has 0 amide bonds. The van der Waals surface area contributed by atoms with Crippen molar-refractivity contribution in [2.75, 3.05) is 0 Å². The molecule has 13 atom stereocenters. The largest absolute Gasteiger partial charge is 0.462 e. The lowest BCUT2D eigenvalue weighted by atomic mass is 9.50. The van der Waals surface area contributed by atoms with Gasteiger partial charge in [0.25, 0.3) is 0 Å². The maximum atomic E-state index is 13.3. The number of fused-ring (bicyclic) bond motifs is 3. The third kappa shape index (κ3) is 6.24. The molecule has 2 saturated heterocycles. The van der Waals surface area contributed by atoms with E-state index in [1.165, 1.54) is 13.8 Å². The number of carbonyl (C=O) groups is 6. The zero-order valence-electron chi connectivity index (χ0n) is 27.7. The summed E-state index contributed by atoms with van der Waals surface area (Å²) in [5, 5.41) is 11.5. The van der Waals surface area contributed by atoms with Crippen molar-refractivity contribution in [3.63, 3.8) is 0 Å². The molecular formula is C32H43ClO14. The third-order valence-corrected chi connectivity index (χ3v) is 10.5. The van der Waals surface area contributed by atoms with E-state index in [0.717, 1.165) is 27.7 Å². The second kappa shape index (κ2) is 13.0. The van der Waals surface area contributed by atoms with Crippen molar-refractivity contribution in [1.82, 2.24) is 0 Å². The maximum Gasteiger partial charge on any atom is 0.312 e. The van der Waals surface area contributed by atoms with Gasteiger partial charge in [-0.3, -0.25) is 28.8 Å². The Balaban J connectivity index is 2.16. The summed E-state index contributed by atoms with van der Waals surface area (Å²) in [5.41, 5.74) is -6.06. The molecule has 0 aromatic carbocycles. The molecule has 262 valence electrons. The summed E-state index contributed by atoms with van der Waals surface area (Å²) < 4.78 is 41.4. The quantitative estimate of drug-likeness (QED) is 0.135. The lowest BCUT2D eigenvalue weighted by Crippen LogP contribution is -2.76. The van der Waals surface area contributed by atoms with Crippen LogP contribution in [0, 0.1) is 17.3 Å². The maximum absolute atomic E-state index is 13.3. The predicted molar refractivity (Wildman–Crippen MR) is 159 cm³/mol.